The lowest BCUT2D eigenvalue weighted by Crippen LogP contribution is -2.43. The number of hydrogen-bond acceptors (Lipinski definition) is 2. The number of urea groups is 1. The first kappa shape index (κ1) is 19.2. The summed E-state index contributed by atoms with van der Waals surface area (Å²) in [5.74, 6) is 0.485. The van der Waals surface area contributed by atoms with E-state index in [9.17, 15) is 9.18 Å². The van der Waals surface area contributed by atoms with Gasteiger partial charge in [0.1, 0.15) is 11.6 Å². The van der Waals surface area contributed by atoms with Crippen LogP contribution in [0.1, 0.15) is 22.9 Å². The van der Waals surface area contributed by atoms with Crippen molar-refractivity contribution in [1.29, 1.82) is 0 Å². The fourth-order valence-corrected chi connectivity index (χ4v) is 4.32. The maximum Gasteiger partial charge on any atom is 0.322 e. The molecule has 2 amide bonds. The van der Waals surface area contributed by atoms with Crippen LogP contribution in [0.2, 0.25) is 0 Å². The van der Waals surface area contributed by atoms with Crippen molar-refractivity contribution >= 4 is 22.6 Å². The van der Waals surface area contributed by atoms with Gasteiger partial charge in [0.15, 0.2) is 0 Å². The van der Waals surface area contributed by atoms with Gasteiger partial charge in [-0.1, -0.05) is 30.3 Å². The summed E-state index contributed by atoms with van der Waals surface area (Å²) < 4.78 is 19.0. The maximum atomic E-state index is 13.6. The number of halogens is 1. The van der Waals surface area contributed by atoms with Gasteiger partial charge in [-0.05, 0) is 60.0 Å². The molecule has 0 radical (unpaired) electrons. The van der Waals surface area contributed by atoms with Crippen molar-refractivity contribution in [2.45, 2.75) is 12.5 Å². The molecule has 0 aliphatic carbocycles. The predicted octanol–water partition coefficient (Wildman–Crippen LogP) is 5.50. The van der Waals surface area contributed by atoms with Gasteiger partial charge in [0.05, 0.1) is 13.2 Å². The van der Waals surface area contributed by atoms with E-state index in [1.54, 1.807) is 24.1 Å². The van der Waals surface area contributed by atoms with Crippen LogP contribution in [0.4, 0.5) is 14.9 Å². The van der Waals surface area contributed by atoms with Crippen LogP contribution in [0.3, 0.4) is 0 Å². The van der Waals surface area contributed by atoms with Gasteiger partial charge in [0.25, 0.3) is 0 Å². The molecule has 5 rings (SSSR count). The smallest absolute Gasteiger partial charge is 0.322 e. The topological polar surface area (TPSA) is 57.4 Å². The highest BCUT2D eigenvalue weighted by atomic mass is 19.1. The lowest BCUT2D eigenvalue weighted by Gasteiger charge is -2.36. The van der Waals surface area contributed by atoms with Gasteiger partial charge in [-0.2, -0.15) is 0 Å². The number of para-hydroxylation sites is 1. The highest BCUT2D eigenvalue weighted by molar-refractivity contribution is 5.91. The lowest BCUT2D eigenvalue weighted by molar-refractivity contribution is 0.193. The van der Waals surface area contributed by atoms with Crippen molar-refractivity contribution in [2.24, 2.45) is 0 Å². The van der Waals surface area contributed by atoms with E-state index >= 15 is 0 Å². The highest BCUT2D eigenvalue weighted by Crippen LogP contribution is 2.39. The van der Waals surface area contributed by atoms with Crippen LogP contribution in [0.15, 0.2) is 72.8 Å². The lowest BCUT2D eigenvalue weighted by atomic mass is 9.92. The summed E-state index contributed by atoms with van der Waals surface area (Å²) in [6, 6.07) is 21.1. The number of nitrogens with one attached hydrogen (secondary N) is 2. The summed E-state index contributed by atoms with van der Waals surface area (Å²) >= 11 is 0. The third kappa shape index (κ3) is 3.50. The van der Waals surface area contributed by atoms with E-state index in [-0.39, 0.29) is 17.9 Å². The number of hydrogen-bond donors (Lipinski definition) is 2. The number of carbonyl (C=O) groups is 1. The number of amides is 2. The minimum absolute atomic E-state index is 0.192. The van der Waals surface area contributed by atoms with E-state index in [0.717, 1.165) is 39.2 Å². The van der Waals surface area contributed by atoms with Crippen LogP contribution in [0.25, 0.3) is 10.9 Å². The van der Waals surface area contributed by atoms with Crippen LogP contribution >= 0.6 is 0 Å². The molecule has 0 saturated carbocycles. The number of H-pyrrole nitrogens is 1. The summed E-state index contributed by atoms with van der Waals surface area (Å²) in [5, 5.41) is 4.07. The van der Waals surface area contributed by atoms with E-state index in [4.69, 9.17) is 4.74 Å². The first-order valence-electron chi connectivity index (χ1n) is 10.2. The molecule has 0 unspecified atom stereocenters. The largest absolute Gasteiger partial charge is 0.497 e. The fourth-order valence-electron chi connectivity index (χ4n) is 4.32. The Morgan fingerprint density at radius 1 is 1.10 bits per heavy atom. The Morgan fingerprint density at radius 3 is 2.61 bits per heavy atom. The minimum Gasteiger partial charge on any atom is -0.497 e. The summed E-state index contributed by atoms with van der Waals surface area (Å²) in [4.78, 5) is 18.6. The third-order valence-electron chi connectivity index (χ3n) is 5.81. The Kier molecular flexibility index (Phi) is 4.82. The number of rotatable bonds is 3. The monoisotopic (exact) mass is 415 g/mol. The molecular weight excluding hydrogens is 393 g/mol. The molecule has 0 spiro atoms. The van der Waals surface area contributed by atoms with E-state index in [1.165, 1.54) is 12.1 Å². The normalized spacial score (nSPS) is 15.5. The number of carbonyl (C=O) groups excluding carboxylic acids is 1. The standard InChI is InChI=1S/C25H22FN3O2/c1-31-19-11-12-22-21(15-19)20-13-14-29(25(30)27-18-5-3-2-4-6-18)24(23(20)28-22)16-7-9-17(26)10-8-16/h2-12,15,24,28H,13-14H2,1H3,(H,27,30)/t24-/m1/s1. The van der Waals surface area contributed by atoms with Crippen LogP contribution in [0, 0.1) is 5.82 Å². The molecule has 6 heteroatoms. The number of nitrogens with zero attached hydrogens (tertiary/aromatic N) is 1. The average Bonchev–Trinajstić information content (AvgIpc) is 3.17. The molecule has 1 atom stereocenters. The molecule has 156 valence electrons. The van der Waals surface area contributed by atoms with Crippen molar-refractivity contribution in [3.8, 4) is 5.75 Å². The zero-order chi connectivity index (χ0) is 21.4. The molecule has 4 aromatic rings. The number of ether oxygens (including phenoxy) is 1. The molecule has 1 aliphatic heterocycles. The van der Waals surface area contributed by atoms with Crippen molar-refractivity contribution < 1.29 is 13.9 Å². The number of aromatic amines is 1. The van der Waals surface area contributed by atoms with Crippen LogP contribution in [-0.4, -0.2) is 29.6 Å². The molecule has 2 N–H and O–H groups in total. The van der Waals surface area contributed by atoms with Gasteiger partial charge in [-0.25, -0.2) is 9.18 Å². The molecular formula is C25H22FN3O2. The molecule has 1 aromatic heterocycles. The van der Waals surface area contributed by atoms with E-state index in [0.29, 0.717) is 13.0 Å². The van der Waals surface area contributed by atoms with Crippen LogP contribution < -0.4 is 10.1 Å². The minimum atomic E-state index is -0.355. The fraction of sp³-hybridized carbons (Fsp3) is 0.160. The average molecular weight is 415 g/mol. The van der Waals surface area contributed by atoms with Crippen LogP contribution in [0.5, 0.6) is 5.75 Å². The van der Waals surface area contributed by atoms with Crippen molar-refractivity contribution in [3.63, 3.8) is 0 Å². The van der Waals surface area contributed by atoms with Gasteiger partial charge < -0.3 is 19.9 Å². The maximum absolute atomic E-state index is 13.6. The third-order valence-corrected chi connectivity index (χ3v) is 5.81. The van der Waals surface area contributed by atoms with Gasteiger partial charge in [-0.15, -0.1) is 0 Å². The number of fused-ring (bicyclic) bond motifs is 3. The number of methoxy groups -OCH3 is 1. The second kappa shape index (κ2) is 7.80. The van der Waals surface area contributed by atoms with Gasteiger partial charge in [0.2, 0.25) is 0 Å². The number of anilines is 1. The Morgan fingerprint density at radius 2 is 1.87 bits per heavy atom. The summed E-state index contributed by atoms with van der Waals surface area (Å²) in [5.41, 5.74) is 4.68. The highest BCUT2D eigenvalue weighted by Gasteiger charge is 2.34. The predicted molar refractivity (Wildman–Crippen MR) is 119 cm³/mol. The Balaban J connectivity index is 1.59. The number of benzene rings is 3. The Hall–Kier alpha value is -3.80. The molecule has 31 heavy (non-hydrogen) atoms. The van der Waals surface area contributed by atoms with Gasteiger partial charge >= 0.3 is 6.03 Å². The summed E-state index contributed by atoms with van der Waals surface area (Å²) in [6.45, 7) is 0.540. The van der Waals surface area contributed by atoms with E-state index in [1.807, 2.05) is 48.5 Å². The second-order valence-electron chi connectivity index (χ2n) is 7.62. The molecule has 0 fully saturated rings. The van der Waals surface area contributed by atoms with Gasteiger partial charge in [-0.3, -0.25) is 0 Å². The molecule has 0 saturated heterocycles. The van der Waals surface area contributed by atoms with Crippen molar-refractivity contribution in [1.82, 2.24) is 9.88 Å². The molecule has 1 aliphatic rings. The molecule has 5 nitrogen and oxygen atoms in total. The van der Waals surface area contributed by atoms with Gasteiger partial charge in [0, 0.05) is 28.8 Å². The quantitative estimate of drug-likeness (QED) is 0.465. The Bertz CT molecular complexity index is 1240. The van der Waals surface area contributed by atoms with Crippen LogP contribution in [-0.2, 0) is 6.42 Å². The van der Waals surface area contributed by atoms with Crippen molar-refractivity contribution in [3.05, 3.63) is 95.4 Å². The molecule has 2 heterocycles. The first-order chi connectivity index (χ1) is 15.1. The Labute approximate surface area is 179 Å². The van der Waals surface area contributed by atoms with E-state index < -0.39 is 0 Å². The summed E-state index contributed by atoms with van der Waals surface area (Å²) in [7, 11) is 1.65. The van der Waals surface area contributed by atoms with E-state index in [2.05, 4.69) is 10.3 Å². The number of aromatic nitrogens is 1. The SMILES string of the molecule is COc1ccc2[nH]c3c(c2c1)CCN(C(=O)Nc1ccccc1)[C@@H]3c1ccc(F)cc1. The molecule has 0 bridgehead atoms. The second-order valence-corrected chi connectivity index (χ2v) is 7.62. The first-order valence-corrected chi connectivity index (χ1v) is 10.2. The summed E-state index contributed by atoms with van der Waals surface area (Å²) in [6.07, 6.45) is 0.711. The molecule has 3 aromatic carbocycles. The van der Waals surface area contributed by atoms with Crippen molar-refractivity contribution in [2.75, 3.05) is 19.0 Å². The zero-order valence-electron chi connectivity index (χ0n) is 17.1. The zero-order valence-corrected chi connectivity index (χ0v) is 17.1.